The second-order valence-corrected chi connectivity index (χ2v) is 6.04. The first kappa shape index (κ1) is 16.9. The van der Waals surface area contributed by atoms with Crippen molar-refractivity contribution in [2.45, 2.75) is 60.0 Å². The van der Waals surface area contributed by atoms with E-state index < -0.39 is 29.4 Å². The number of carboxylic acids is 1. The first-order valence-electron chi connectivity index (χ1n) is 6.55. The second kappa shape index (κ2) is 6.76. The standard InChI is InChI=1S/C14H26O4/c1-7-8-10(11(9(2)3)12(15)16)13(17)18-14(4,5)6/h9-11H,7-8H2,1-6H3,(H,15,16)/t10?,11-/m1/s1. The fraction of sp³-hybridized carbons (Fsp3) is 0.857. The van der Waals surface area contributed by atoms with Crippen LogP contribution in [0.4, 0.5) is 0 Å². The maximum Gasteiger partial charge on any atom is 0.310 e. The third-order valence-corrected chi connectivity index (χ3v) is 2.75. The van der Waals surface area contributed by atoms with Gasteiger partial charge in [-0.15, -0.1) is 0 Å². The number of carbonyl (C=O) groups is 2. The van der Waals surface area contributed by atoms with E-state index >= 15 is 0 Å². The number of esters is 1. The summed E-state index contributed by atoms with van der Waals surface area (Å²) < 4.78 is 5.33. The van der Waals surface area contributed by atoms with Crippen LogP contribution in [0.1, 0.15) is 54.4 Å². The molecule has 1 N–H and O–H groups in total. The van der Waals surface area contributed by atoms with Gasteiger partial charge < -0.3 is 9.84 Å². The molecule has 2 atom stereocenters. The maximum atomic E-state index is 12.1. The third kappa shape index (κ3) is 5.52. The molecule has 0 aromatic heterocycles. The fourth-order valence-corrected chi connectivity index (χ4v) is 2.05. The van der Waals surface area contributed by atoms with Gasteiger partial charge in [0, 0.05) is 0 Å². The minimum Gasteiger partial charge on any atom is -0.481 e. The van der Waals surface area contributed by atoms with Crippen molar-refractivity contribution in [3.63, 3.8) is 0 Å². The summed E-state index contributed by atoms with van der Waals surface area (Å²) in [6, 6.07) is 0. The van der Waals surface area contributed by atoms with Gasteiger partial charge in [0.05, 0.1) is 11.8 Å². The van der Waals surface area contributed by atoms with E-state index in [1.165, 1.54) is 0 Å². The van der Waals surface area contributed by atoms with Gasteiger partial charge in [0.1, 0.15) is 5.60 Å². The van der Waals surface area contributed by atoms with E-state index in [0.29, 0.717) is 6.42 Å². The number of carboxylic acid groups (broad SMARTS) is 1. The van der Waals surface area contributed by atoms with Crippen LogP contribution < -0.4 is 0 Å². The van der Waals surface area contributed by atoms with E-state index in [-0.39, 0.29) is 5.92 Å². The van der Waals surface area contributed by atoms with Crippen molar-refractivity contribution in [3.05, 3.63) is 0 Å². The quantitative estimate of drug-likeness (QED) is 0.743. The second-order valence-electron chi connectivity index (χ2n) is 6.04. The molecule has 0 heterocycles. The predicted octanol–water partition coefficient (Wildman–Crippen LogP) is 3.10. The van der Waals surface area contributed by atoms with Crippen molar-refractivity contribution in [2.24, 2.45) is 17.8 Å². The van der Waals surface area contributed by atoms with Gasteiger partial charge >= 0.3 is 11.9 Å². The molecule has 0 aliphatic heterocycles. The van der Waals surface area contributed by atoms with E-state index in [9.17, 15) is 14.7 Å². The molecule has 4 nitrogen and oxygen atoms in total. The van der Waals surface area contributed by atoms with Crippen LogP contribution >= 0.6 is 0 Å². The zero-order valence-corrected chi connectivity index (χ0v) is 12.3. The van der Waals surface area contributed by atoms with Crippen LogP contribution in [0.5, 0.6) is 0 Å². The highest BCUT2D eigenvalue weighted by Crippen LogP contribution is 2.28. The molecule has 0 rings (SSSR count). The van der Waals surface area contributed by atoms with Crippen LogP contribution in [-0.4, -0.2) is 22.6 Å². The molecule has 0 aliphatic carbocycles. The first-order valence-corrected chi connectivity index (χ1v) is 6.55. The van der Waals surface area contributed by atoms with Gasteiger partial charge in [0.15, 0.2) is 0 Å². The van der Waals surface area contributed by atoms with Gasteiger partial charge in [-0.3, -0.25) is 9.59 Å². The lowest BCUT2D eigenvalue weighted by molar-refractivity contribution is -0.168. The molecule has 0 saturated carbocycles. The van der Waals surface area contributed by atoms with Crippen LogP contribution in [0.15, 0.2) is 0 Å². The number of hydrogen-bond donors (Lipinski definition) is 1. The van der Waals surface area contributed by atoms with Crippen LogP contribution in [-0.2, 0) is 14.3 Å². The van der Waals surface area contributed by atoms with Gasteiger partial charge in [0.25, 0.3) is 0 Å². The zero-order valence-electron chi connectivity index (χ0n) is 12.3. The lowest BCUT2D eigenvalue weighted by Crippen LogP contribution is -2.37. The number of carbonyl (C=O) groups excluding carboxylic acids is 1. The largest absolute Gasteiger partial charge is 0.481 e. The molecule has 0 aromatic carbocycles. The summed E-state index contributed by atoms with van der Waals surface area (Å²) in [6.07, 6.45) is 1.31. The predicted molar refractivity (Wildman–Crippen MR) is 70.2 cm³/mol. The Kier molecular flexibility index (Phi) is 6.36. The Bertz CT molecular complexity index is 289. The van der Waals surface area contributed by atoms with Gasteiger partial charge in [-0.25, -0.2) is 0 Å². The third-order valence-electron chi connectivity index (χ3n) is 2.75. The highest BCUT2D eigenvalue weighted by Gasteiger charge is 2.37. The number of aliphatic carboxylic acids is 1. The van der Waals surface area contributed by atoms with Crippen LogP contribution in [0, 0.1) is 17.8 Å². The molecule has 0 amide bonds. The summed E-state index contributed by atoms with van der Waals surface area (Å²) in [5.41, 5.74) is -0.580. The van der Waals surface area contributed by atoms with Gasteiger partial charge in [0.2, 0.25) is 0 Å². The molecule has 106 valence electrons. The number of rotatable bonds is 6. The fourth-order valence-electron chi connectivity index (χ4n) is 2.05. The first-order chi connectivity index (χ1) is 8.10. The zero-order chi connectivity index (χ0) is 14.5. The topological polar surface area (TPSA) is 63.6 Å². The Morgan fingerprint density at radius 2 is 1.72 bits per heavy atom. The van der Waals surface area contributed by atoms with Crippen molar-refractivity contribution < 1.29 is 19.4 Å². The highest BCUT2D eigenvalue weighted by atomic mass is 16.6. The summed E-state index contributed by atoms with van der Waals surface area (Å²) in [5, 5.41) is 9.28. The average molecular weight is 258 g/mol. The van der Waals surface area contributed by atoms with Gasteiger partial charge in [-0.2, -0.15) is 0 Å². The lowest BCUT2D eigenvalue weighted by atomic mass is 9.81. The Hall–Kier alpha value is -1.06. The highest BCUT2D eigenvalue weighted by molar-refractivity contribution is 5.81. The lowest BCUT2D eigenvalue weighted by Gasteiger charge is -2.28. The molecule has 4 heteroatoms. The van der Waals surface area contributed by atoms with Crippen LogP contribution in [0.3, 0.4) is 0 Å². The van der Waals surface area contributed by atoms with E-state index in [4.69, 9.17) is 4.74 Å². The monoisotopic (exact) mass is 258 g/mol. The van der Waals surface area contributed by atoms with Crippen molar-refractivity contribution in [3.8, 4) is 0 Å². The molecule has 0 bridgehead atoms. The van der Waals surface area contributed by atoms with E-state index in [0.717, 1.165) is 6.42 Å². The van der Waals surface area contributed by atoms with Gasteiger partial charge in [-0.1, -0.05) is 27.2 Å². The van der Waals surface area contributed by atoms with Crippen LogP contribution in [0.25, 0.3) is 0 Å². The van der Waals surface area contributed by atoms with Crippen molar-refractivity contribution in [1.82, 2.24) is 0 Å². The molecule has 0 saturated heterocycles. The summed E-state index contributed by atoms with van der Waals surface area (Å²) in [5.74, 6) is -2.65. The Balaban J connectivity index is 5.03. The molecule has 18 heavy (non-hydrogen) atoms. The SMILES string of the molecule is CCCC(C(=O)OC(C)(C)C)[C@H](C(=O)O)C(C)C. The van der Waals surface area contributed by atoms with Gasteiger partial charge in [-0.05, 0) is 33.1 Å². The average Bonchev–Trinajstić information content (AvgIpc) is 2.12. The summed E-state index contributed by atoms with van der Waals surface area (Å²) in [6.45, 7) is 11.0. The minimum atomic E-state index is -0.922. The Morgan fingerprint density at radius 3 is 2.00 bits per heavy atom. The van der Waals surface area contributed by atoms with E-state index in [1.807, 2.05) is 20.8 Å². The Morgan fingerprint density at radius 1 is 1.22 bits per heavy atom. The smallest absolute Gasteiger partial charge is 0.310 e. The van der Waals surface area contributed by atoms with Crippen molar-refractivity contribution in [2.75, 3.05) is 0 Å². The molecule has 0 aliphatic rings. The molecule has 0 fully saturated rings. The number of hydrogen-bond acceptors (Lipinski definition) is 3. The minimum absolute atomic E-state index is 0.0911. The molecular formula is C14H26O4. The maximum absolute atomic E-state index is 12.1. The summed E-state index contributed by atoms with van der Waals surface area (Å²) in [4.78, 5) is 23.4. The molecule has 0 spiro atoms. The van der Waals surface area contributed by atoms with E-state index in [1.54, 1.807) is 20.8 Å². The molecular weight excluding hydrogens is 232 g/mol. The van der Waals surface area contributed by atoms with Crippen molar-refractivity contribution in [1.29, 1.82) is 0 Å². The number of ether oxygens (including phenoxy) is 1. The molecule has 0 radical (unpaired) electrons. The molecule has 0 aromatic rings. The normalized spacial score (nSPS) is 15.3. The van der Waals surface area contributed by atoms with Crippen molar-refractivity contribution >= 4 is 11.9 Å². The van der Waals surface area contributed by atoms with E-state index in [2.05, 4.69) is 0 Å². The summed E-state index contributed by atoms with van der Waals surface area (Å²) in [7, 11) is 0. The molecule has 1 unspecified atom stereocenters. The Labute approximate surface area is 110 Å². The van der Waals surface area contributed by atoms with Crippen LogP contribution in [0.2, 0.25) is 0 Å². The summed E-state index contributed by atoms with van der Waals surface area (Å²) >= 11 is 0.